The van der Waals surface area contributed by atoms with Gasteiger partial charge >= 0.3 is 24.5 Å². The van der Waals surface area contributed by atoms with Gasteiger partial charge in [-0.2, -0.15) is 13.2 Å². The summed E-state index contributed by atoms with van der Waals surface area (Å²) < 4.78 is 59.6. The Bertz CT molecular complexity index is 1670. The monoisotopic (exact) mass is 748 g/mol. The summed E-state index contributed by atoms with van der Waals surface area (Å²) in [4.78, 5) is 42.8. The number of anilines is 3. The first-order chi connectivity index (χ1) is 24.0. The Balaban J connectivity index is 1.62. The molecule has 14 heteroatoms. The van der Waals surface area contributed by atoms with E-state index in [0.29, 0.717) is 17.0 Å². The second-order valence-electron chi connectivity index (χ2n) is 15.8. The van der Waals surface area contributed by atoms with E-state index in [1.54, 1.807) is 62.3 Å². The number of benzene rings is 2. The van der Waals surface area contributed by atoms with Crippen molar-refractivity contribution in [2.24, 2.45) is 0 Å². The fourth-order valence-electron chi connectivity index (χ4n) is 5.59. The molecule has 0 bridgehead atoms. The van der Waals surface area contributed by atoms with Gasteiger partial charge in [0.1, 0.15) is 16.8 Å². The predicted octanol–water partition coefficient (Wildman–Crippen LogP) is 10.4. The lowest BCUT2D eigenvalue weighted by Crippen LogP contribution is -2.43. The highest BCUT2D eigenvalue weighted by Crippen LogP contribution is 2.54. The van der Waals surface area contributed by atoms with Crippen LogP contribution in [0.25, 0.3) is 5.57 Å². The highest BCUT2D eigenvalue weighted by molar-refractivity contribution is 7.99. The minimum absolute atomic E-state index is 0.0865. The molecule has 0 radical (unpaired) electrons. The van der Waals surface area contributed by atoms with Crippen molar-refractivity contribution in [3.8, 4) is 0 Å². The molecule has 0 atom stereocenters. The molecule has 1 aliphatic carbocycles. The molecule has 2 aromatic carbocycles. The summed E-state index contributed by atoms with van der Waals surface area (Å²) in [6, 6.07) is 7.73. The third kappa shape index (κ3) is 11.5. The lowest BCUT2D eigenvalue weighted by molar-refractivity contribution is -0.137. The van der Waals surface area contributed by atoms with Crippen LogP contribution in [0.4, 0.5) is 44.6 Å². The van der Waals surface area contributed by atoms with Crippen LogP contribution in [0.3, 0.4) is 0 Å². The number of rotatable bonds is 9. The third-order valence-corrected chi connectivity index (χ3v) is 8.73. The Kier molecular flexibility index (Phi) is 12.4. The maximum atomic E-state index is 14.3. The fourth-order valence-corrected chi connectivity index (χ4v) is 6.76. The SMILES string of the molecule is CC(C)(C)OC(=O)NCCN(CCCNc1cc(C(F)(F)F)cc2c1N(C(=O)OC(C)(C)C)c1ccc(C3=CCCC3)cc1S2)C(=O)OC(C)(C)C. The van der Waals surface area contributed by atoms with Crippen LogP contribution in [-0.4, -0.2) is 66.2 Å². The number of hydrogen-bond donors (Lipinski definition) is 2. The van der Waals surface area contributed by atoms with Gasteiger partial charge in [-0.05, 0) is 123 Å². The summed E-state index contributed by atoms with van der Waals surface area (Å²) in [6.45, 7) is 16.1. The number of allylic oxidation sites excluding steroid dienone is 2. The molecule has 3 amide bonds. The number of halogens is 3. The number of carbonyl (C=O) groups is 3. The van der Waals surface area contributed by atoms with Crippen LogP contribution < -0.4 is 15.5 Å². The molecule has 0 aromatic heterocycles. The zero-order chi connectivity index (χ0) is 38.6. The lowest BCUT2D eigenvalue weighted by Gasteiger charge is -2.35. The second kappa shape index (κ2) is 15.9. The molecular weight excluding hydrogens is 698 g/mol. The van der Waals surface area contributed by atoms with Gasteiger partial charge in [0, 0.05) is 36.0 Å². The van der Waals surface area contributed by atoms with Gasteiger partial charge in [-0.1, -0.05) is 23.9 Å². The van der Waals surface area contributed by atoms with Crippen LogP contribution in [0, 0.1) is 0 Å². The van der Waals surface area contributed by atoms with Gasteiger partial charge in [0.2, 0.25) is 0 Å². The highest BCUT2D eigenvalue weighted by Gasteiger charge is 2.38. The molecule has 2 aromatic rings. The highest BCUT2D eigenvalue weighted by atomic mass is 32.2. The predicted molar refractivity (Wildman–Crippen MR) is 197 cm³/mol. The molecule has 0 saturated carbocycles. The van der Waals surface area contributed by atoms with E-state index in [1.807, 2.05) is 18.2 Å². The fraction of sp³-hybridized carbons (Fsp3) is 0.553. The Morgan fingerprint density at radius 1 is 0.846 bits per heavy atom. The molecule has 1 heterocycles. The van der Waals surface area contributed by atoms with Crippen LogP contribution in [-0.2, 0) is 20.4 Å². The van der Waals surface area contributed by atoms with Crippen molar-refractivity contribution in [1.82, 2.24) is 10.2 Å². The minimum atomic E-state index is -4.66. The third-order valence-electron chi connectivity index (χ3n) is 7.66. The number of nitrogens with zero attached hydrogens (tertiary/aromatic N) is 2. The number of amides is 3. The molecule has 1 aliphatic heterocycles. The molecule has 286 valence electrons. The van der Waals surface area contributed by atoms with Crippen molar-refractivity contribution >= 4 is 52.7 Å². The second-order valence-corrected chi connectivity index (χ2v) is 16.9. The van der Waals surface area contributed by atoms with Crippen LogP contribution in [0.15, 0.2) is 46.2 Å². The first-order valence-corrected chi connectivity index (χ1v) is 18.3. The molecular formula is C38H51F3N4O6S. The molecule has 10 nitrogen and oxygen atoms in total. The zero-order valence-corrected chi connectivity index (χ0v) is 32.3. The van der Waals surface area contributed by atoms with Gasteiger partial charge in [-0.15, -0.1) is 0 Å². The summed E-state index contributed by atoms with van der Waals surface area (Å²) in [5.41, 5.74) is -0.235. The van der Waals surface area contributed by atoms with E-state index in [-0.39, 0.29) is 42.4 Å². The van der Waals surface area contributed by atoms with Gasteiger partial charge in [-0.25, -0.2) is 19.3 Å². The topological polar surface area (TPSA) is 109 Å². The molecule has 0 unspecified atom stereocenters. The van der Waals surface area contributed by atoms with Gasteiger partial charge in [-0.3, -0.25) is 0 Å². The maximum absolute atomic E-state index is 14.3. The minimum Gasteiger partial charge on any atom is -0.444 e. The summed E-state index contributed by atoms with van der Waals surface area (Å²) >= 11 is 1.18. The first-order valence-electron chi connectivity index (χ1n) is 17.5. The Morgan fingerprint density at radius 2 is 1.52 bits per heavy atom. The summed E-state index contributed by atoms with van der Waals surface area (Å²) in [7, 11) is 0. The van der Waals surface area contributed by atoms with Crippen LogP contribution in [0.5, 0.6) is 0 Å². The smallest absolute Gasteiger partial charge is 0.419 e. The Labute approximate surface area is 308 Å². The number of fused-ring (bicyclic) bond motifs is 2. The molecule has 2 aliphatic rings. The van der Waals surface area contributed by atoms with Crippen molar-refractivity contribution in [2.45, 2.75) is 121 Å². The van der Waals surface area contributed by atoms with Gasteiger partial charge in [0.25, 0.3) is 0 Å². The largest absolute Gasteiger partial charge is 0.444 e. The first kappa shape index (κ1) is 40.7. The average Bonchev–Trinajstić information content (AvgIpc) is 3.52. The van der Waals surface area contributed by atoms with Gasteiger partial charge in [0.05, 0.1) is 22.6 Å². The zero-order valence-electron chi connectivity index (χ0n) is 31.5. The van der Waals surface area contributed by atoms with Crippen LogP contribution >= 0.6 is 11.8 Å². The van der Waals surface area contributed by atoms with Crippen molar-refractivity contribution in [1.29, 1.82) is 0 Å². The number of alkyl carbamates (subject to hydrolysis) is 1. The van der Waals surface area contributed by atoms with E-state index in [4.69, 9.17) is 14.2 Å². The van der Waals surface area contributed by atoms with Crippen molar-refractivity contribution in [3.63, 3.8) is 0 Å². The molecule has 0 spiro atoms. The molecule has 0 saturated heterocycles. The quantitative estimate of drug-likeness (QED) is 0.193. The molecule has 52 heavy (non-hydrogen) atoms. The number of ether oxygens (including phenoxy) is 3. The van der Waals surface area contributed by atoms with Crippen molar-refractivity contribution in [3.05, 3.63) is 47.5 Å². The number of hydrogen-bond acceptors (Lipinski definition) is 8. The van der Waals surface area contributed by atoms with E-state index in [9.17, 15) is 27.6 Å². The van der Waals surface area contributed by atoms with Crippen LogP contribution in [0.1, 0.15) is 99.1 Å². The van der Waals surface area contributed by atoms with E-state index in [1.165, 1.54) is 27.1 Å². The molecule has 0 fully saturated rings. The Hall–Kier alpha value is -4.07. The summed E-state index contributed by atoms with van der Waals surface area (Å²) in [5, 5.41) is 5.75. The molecule has 4 rings (SSSR count). The summed E-state index contributed by atoms with van der Waals surface area (Å²) in [5.74, 6) is 0. The number of alkyl halides is 3. The standard InChI is InChI=1S/C38H51F3N4O6S/c1-35(2,3)49-32(46)43-18-20-44(33(47)50-36(4,5)6)19-12-17-42-27-22-26(38(39,40)41)23-30-31(27)45(34(48)51-37(7,8)9)28-16-15-25(21-29(28)52-30)24-13-10-11-14-24/h13,15-16,21-23,42H,10-12,14,17-20H2,1-9H3,(H,43,46). The van der Waals surface area contributed by atoms with E-state index >= 15 is 0 Å². The lowest BCUT2D eigenvalue weighted by atomic mass is 10.0. The van der Waals surface area contributed by atoms with E-state index in [0.717, 1.165) is 37.0 Å². The Morgan fingerprint density at radius 3 is 2.12 bits per heavy atom. The number of carbonyl (C=O) groups excluding carboxylic acids is 3. The molecule has 2 N–H and O–H groups in total. The van der Waals surface area contributed by atoms with E-state index in [2.05, 4.69) is 16.7 Å². The normalized spacial score (nSPS) is 14.5. The van der Waals surface area contributed by atoms with Crippen LogP contribution in [0.2, 0.25) is 0 Å². The maximum Gasteiger partial charge on any atom is 0.419 e. The van der Waals surface area contributed by atoms with Crippen molar-refractivity contribution in [2.75, 3.05) is 36.4 Å². The number of nitrogens with one attached hydrogen (secondary N) is 2. The van der Waals surface area contributed by atoms with Gasteiger partial charge < -0.3 is 29.7 Å². The van der Waals surface area contributed by atoms with Gasteiger partial charge in [0.15, 0.2) is 0 Å². The average molecular weight is 749 g/mol. The van der Waals surface area contributed by atoms with E-state index < -0.39 is 46.8 Å². The van der Waals surface area contributed by atoms with Crippen molar-refractivity contribution < 1.29 is 41.8 Å². The summed E-state index contributed by atoms with van der Waals surface area (Å²) in [6.07, 6.45) is -1.24.